The quantitative estimate of drug-likeness (QED) is 0.676. The summed E-state index contributed by atoms with van der Waals surface area (Å²) in [7, 11) is 0. The second-order valence-corrected chi connectivity index (χ2v) is 5.21. The van der Waals surface area contributed by atoms with Gasteiger partial charge in [-0.25, -0.2) is 0 Å². The summed E-state index contributed by atoms with van der Waals surface area (Å²) >= 11 is 5.99. The second-order valence-electron chi connectivity index (χ2n) is 4.81. The highest BCUT2D eigenvalue weighted by Gasteiger charge is 2.16. The van der Waals surface area contributed by atoms with E-state index in [2.05, 4.69) is 10.4 Å². The molecule has 0 saturated heterocycles. The highest BCUT2D eigenvalue weighted by Crippen LogP contribution is 2.23. The molecule has 0 aliphatic heterocycles. The Morgan fingerprint density at radius 3 is 2.82 bits per heavy atom. The van der Waals surface area contributed by atoms with E-state index in [-0.39, 0.29) is 24.6 Å². The predicted octanol–water partition coefficient (Wildman–Crippen LogP) is 3.09. The molecule has 2 aromatic rings. The number of amides is 1. The summed E-state index contributed by atoms with van der Waals surface area (Å²) in [4.78, 5) is 22.2. The van der Waals surface area contributed by atoms with E-state index >= 15 is 0 Å². The van der Waals surface area contributed by atoms with E-state index in [1.54, 1.807) is 25.1 Å². The third-order valence-corrected chi connectivity index (χ3v) is 3.78. The van der Waals surface area contributed by atoms with Crippen LogP contribution in [0.2, 0.25) is 5.02 Å². The molecule has 0 spiro atoms. The number of benzene rings is 1. The average molecular weight is 323 g/mol. The number of aromatic nitrogens is 2. The molecule has 1 N–H and O–H groups in total. The van der Waals surface area contributed by atoms with E-state index in [9.17, 15) is 14.9 Å². The number of anilines is 1. The molecule has 116 valence electrons. The smallest absolute Gasteiger partial charge is 0.309 e. The van der Waals surface area contributed by atoms with E-state index in [1.165, 1.54) is 10.9 Å². The fourth-order valence-corrected chi connectivity index (χ4v) is 2.18. The fourth-order valence-electron chi connectivity index (χ4n) is 2.00. The summed E-state index contributed by atoms with van der Waals surface area (Å²) in [5.41, 5.74) is 1.83. The minimum absolute atomic E-state index is 0.0499. The molecule has 1 aromatic heterocycles. The lowest BCUT2D eigenvalue weighted by Gasteiger charge is -2.09. The van der Waals surface area contributed by atoms with Crippen molar-refractivity contribution in [2.75, 3.05) is 5.32 Å². The summed E-state index contributed by atoms with van der Waals surface area (Å²) in [6.07, 6.45) is 1.35. The average Bonchev–Trinajstić information content (AvgIpc) is 2.83. The van der Waals surface area contributed by atoms with E-state index in [4.69, 9.17) is 11.6 Å². The minimum Gasteiger partial charge on any atom is -0.326 e. The molecule has 0 fully saturated rings. The van der Waals surface area contributed by atoms with Gasteiger partial charge in [-0.15, -0.1) is 0 Å². The summed E-state index contributed by atoms with van der Waals surface area (Å²) in [6.45, 7) is 3.69. The Hall–Kier alpha value is -2.41. The molecule has 0 radical (unpaired) electrons. The number of carbonyl (C=O) groups is 1. The van der Waals surface area contributed by atoms with Gasteiger partial charge in [0, 0.05) is 17.1 Å². The number of hydrogen-bond acceptors (Lipinski definition) is 4. The van der Waals surface area contributed by atoms with Crippen molar-refractivity contribution < 1.29 is 9.72 Å². The van der Waals surface area contributed by atoms with Gasteiger partial charge in [-0.1, -0.05) is 17.7 Å². The van der Waals surface area contributed by atoms with E-state index in [0.717, 1.165) is 5.56 Å². The van der Waals surface area contributed by atoms with Gasteiger partial charge in [0.2, 0.25) is 5.91 Å². The Balaban J connectivity index is 1.99. The number of halogens is 1. The fraction of sp³-hybridized carbons (Fsp3) is 0.286. The van der Waals surface area contributed by atoms with Crippen LogP contribution in [0.3, 0.4) is 0 Å². The van der Waals surface area contributed by atoms with E-state index < -0.39 is 4.92 Å². The Labute approximate surface area is 132 Å². The van der Waals surface area contributed by atoms with Crippen LogP contribution in [0, 0.1) is 24.0 Å². The third kappa shape index (κ3) is 3.43. The Bertz CT molecular complexity index is 727. The first-order valence-corrected chi connectivity index (χ1v) is 6.99. The van der Waals surface area contributed by atoms with Crippen molar-refractivity contribution in [1.29, 1.82) is 0 Å². The van der Waals surface area contributed by atoms with Crippen molar-refractivity contribution in [3.8, 4) is 0 Å². The van der Waals surface area contributed by atoms with Crippen LogP contribution in [0.5, 0.6) is 0 Å². The van der Waals surface area contributed by atoms with Crippen molar-refractivity contribution >= 4 is 28.9 Å². The highest BCUT2D eigenvalue weighted by atomic mass is 35.5. The maximum Gasteiger partial charge on any atom is 0.309 e. The predicted molar refractivity (Wildman–Crippen MR) is 83.1 cm³/mol. The van der Waals surface area contributed by atoms with Crippen LogP contribution in [0.25, 0.3) is 0 Å². The van der Waals surface area contributed by atoms with Crippen molar-refractivity contribution in [1.82, 2.24) is 9.78 Å². The minimum atomic E-state index is -0.492. The van der Waals surface area contributed by atoms with Gasteiger partial charge >= 0.3 is 5.69 Å². The van der Waals surface area contributed by atoms with Gasteiger partial charge in [0.15, 0.2) is 0 Å². The first kappa shape index (κ1) is 16.0. The molecule has 0 unspecified atom stereocenters. The number of rotatable bonds is 5. The molecule has 8 heteroatoms. The number of nitrogens with zero attached hydrogens (tertiary/aromatic N) is 3. The molecule has 22 heavy (non-hydrogen) atoms. The van der Waals surface area contributed by atoms with Crippen molar-refractivity contribution in [3.63, 3.8) is 0 Å². The highest BCUT2D eigenvalue weighted by molar-refractivity contribution is 6.31. The van der Waals surface area contributed by atoms with Crippen LogP contribution in [-0.2, 0) is 11.3 Å². The number of nitro groups is 1. The largest absolute Gasteiger partial charge is 0.326 e. The second kappa shape index (κ2) is 6.57. The topological polar surface area (TPSA) is 90.1 Å². The van der Waals surface area contributed by atoms with Gasteiger partial charge in [-0.05, 0) is 31.5 Å². The summed E-state index contributed by atoms with van der Waals surface area (Å²) in [6, 6.07) is 5.27. The molecular formula is C14H15ClN4O3. The molecule has 0 saturated carbocycles. The van der Waals surface area contributed by atoms with Crippen LogP contribution >= 0.6 is 11.6 Å². The first-order chi connectivity index (χ1) is 10.4. The Morgan fingerprint density at radius 1 is 1.45 bits per heavy atom. The molecular weight excluding hydrogens is 308 g/mol. The number of hydrogen-bond donors (Lipinski definition) is 1. The van der Waals surface area contributed by atoms with E-state index in [0.29, 0.717) is 16.4 Å². The van der Waals surface area contributed by atoms with Crippen LogP contribution in [0.15, 0.2) is 24.4 Å². The van der Waals surface area contributed by atoms with Gasteiger partial charge < -0.3 is 5.32 Å². The molecule has 0 bridgehead atoms. The van der Waals surface area contributed by atoms with Crippen LogP contribution in [0.4, 0.5) is 11.4 Å². The van der Waals surface area contributed by atoms with E-state index in [1.807, 2.05) is 6.92 Å². The van der Waals surface area contributed by atoms with Crippen molar-refractivity contribution in [2.24, 2.45) is 0 Å². The monoisotopic (exact) mass is 322 g/mol. The zero-order valence-corrected chi connectivity index (χ0v) is 12.9. The molecule has 0 aliphatic rings. The maximum absolute atomic E-state index is 12.0. The summed E-state index contributed by atoms with van der Waals surface area (Å²) < 4.78 is 1.45. The molecule has 0 atom stereocenters. The number of carbonyl (C=O) groups excluding carboxylic acids is 1. The van der Waals surface area contributed by atoms with Crippen LogP contribution < -0.4 is 5.32 Å². The van der Waals surface area contributed by atoms with Gasteiger partial charge in [-0.2, -0.15) is 5.10 Å². The molecule has 7 nitrogen and oxygen atoms in total. The molecule has 0 aliphatic carbocycles. The molecule has 2 rings (SSSR count). The van der Waals surface area contributed by atoms with Crippen molar-refractivity contribution in [2.45, 2.75) is 26.8 Å². The Kier molecular flexibility index (Phi) is 4.77. The van der Waals surface area contributed by atoms with Crippen LogP contribution in [-0.4, -0.2) is 20.6 Å². The number of aryl methyl sites for hydroxylation is 1. The van der Waals surface area contributed by atoms with Gasteiger partial charge in [0.1, 0.15) is 11.9 Å². The maximum atomic E-state index is 12.0. The first-order valence-electron chi connectivity index (χ1n) is 6.62. The molecule has 1 amide bonds. The summed E-state index contributed by atoms with van der Waals surface area (Å²) in [5.74, 6) is -0.206. The lowest BCUT2D eigenvalue weighted by molar-refractivity contribution is -0.385. The van der Waals surface area contributed by atoms with Crippen LogP contribution in [0.1, 0.15) is 17.7 Å². The zero-order valence-electron chi connectivity index (χ0n) is 12.2. The lowest BCUT2D eigenvalue weighted by atomic mass is 10.2. The zero-order chi connectivity index (χ0) is 16.3. The van der Waals surface area contributed by atoms with Crippen molar-refractivity contribution in [3.05, 3.63) is 50.8 Å². The molecule has 1 aromatic carbocycles. The normalized spacial score (nSPS) is 10.5. The SMILES string of the molecule is Cc1c(Cl)cccc1NC(=O)CCn1ncc([N+](=O)[O-])c1C. The van der Waals surface area contributed by atoms with Gasteiger partial charge in [0.25, 0.3) is 0 Å². The Morgan fingerprint density at radius 2 is 2.18 bits per heavy atom. The lowest BCUT2D eigenvalue weighted by Crippen LogP contribution is -2.16. The third-order valence-electron chi connectivity index (χ3n) is 3.37. The standard InChI is InChI=1S/C14H15ClN4O3/c1-9-11(15)4-3-5-12(9)17-14(20)6-7-18-10(2)13(8-16-18)19(21)22/h3-5,8H,6-7H2,1-2H3,(H,17,20). The number of nitrogens with one attached hydrogen (secondary N) is 1. The van der Waals surface area contributed by atoms with Gasteiger partial charge in [0.05, 0.1) is 11.5 Å². The summed E-state index contributed by atoms with van der Waals surface area (Å²) in [5, 5.41) is 18.0. The molecule has 1 heterocycles. The van der Waals surface area contributed by atoms with Gasteiger partial charge in [-0.3, -0.25) is 19.6 Å².